The zero-order valence-corrected chi connectivity index (χ0v) is 12.4. The summed E-state index contributed by atoms with van der Waals surface area (Å²) >= 11 is 0. The normalized spacial score (nSPS) is 14.6. The van der Waals surface area contributed by atoms with Gasteiger partial charge in [-0.2, -0.15) is 0 Å². The Labute approximate surface area is 128 Å². The maximum absolute atomic E-state index is 12.3. The second-order valence-electron chi connectivity index (χ2n) is 5.00. The highest BCUT2D eigenvalue weighted by Crippen LogP contribution is 2.10. The molecule has 3 amide bonds. The number of carbonyl (C=O) groups is 3. The van der Waals surface area contributed by atoms with Gasteiger partial charge in [-0.05, 0) is 31.2 Å². The molecule has 1 saturated heterocycles. The van der Waals surface area contributed by atoms with E-state index in [4.69, 9.17) is 5.11 Å². The molecule has 1 aromatic rings. The highest BCUT2D eigenvalue weighted by molar-refractivity contribution is 5.96. The molecule has 0 aliphatic carbocycles. The molecule has 0 saturated carbocycles. The van der Waals surface area contributed by atoms with Crippen molar-refractivity contribution in [3.8, 4) is 0 Å². The molecular weight excluding hydrogens is 286 g/mol. The Hall–Kier alpha value is -2.57. The molecule has 2 rings (SSSR count). The van der Waals surface area contributed by atoms with Crippen LogP contribution in [0.3, 0.4) is 0 Å². The summed E-state index contributed by atoms with van der Waals surface area (Å²) < 4.78 is 0. The molecule has 7 nitrogen and oxygen atoms in total. The first-order chi connectivity index (χ1) is 10.5. The van der Waals surface area contributed by atoms with E-state index in [0.717, 1.165) is 0 Å². The fourth-order valence-electron chi connectivity index (χ4n) is 2.31. The first-order valence-electron chi connectivity index (χ1n) is 7.18. The van der Waals surface area contributed by atoms with E-state index in [1.165, 1.54) is 24.3 Å². The van der Waals surface area contributed by atoms with Gasteiger partial charge < -0.3 is 20.2 Å². The van der Waals surface area contributed by atoms with E-state index in [1.807, 2.05) is 6.92 Å². The SMILES string of the molecule is CCNC(=O)N1CCN(C(=O)c2ccc(C(=O)O)cc2)CC1. The van der Waals surface area contributed by atoms with Gasteiger partial charge in [0.25, 0.3) is 5.91 Å². The topological polar surface area (TPSA) is 90.0 Å². The average molecular weight is 305 g/mol. The van der Waals surface area contributed by atoms with E-state index < -0.39 is 5.97 Å². The lowest BCUT2D eigenvalue weighted by molar-refractivity contribution is 0.0661. The number of rotatable bonds is 3. The van der Waals surface area contributed by atoms with E-state index in [0.29, 0.717) is 38.3 Å². The van der Waals surface area contributed by atoms with Gasteiger partial charge in [0.05, 0.1) is 5.56 Å². The lowest BCUT2D eigenvalue weighted by Gasteiger charge is -2.34. The Morgan fingerprint density at radius 3 is 2.00 bits per heavy atom. The number of nitrogens with one attached hydrogen (secondary N) is 1. The smallest absolute Gasteiger partial charge is 0.335 e. The summed E-state index contributed by atoms with van der Waals surface area (Å²) in [5.41, 5.74) is 0.606. The van der Waals surface area contributed by atoms with Gasteiger partial charge in [0, 0.05) is 38.3 Å². The van der Waals surface area contributed by atoms with Crippen molar-refractivity contribution >= 4 is 17.9 Å². The molecule has 7 heteroatoms. The maximum Gasteiger partial charge on any atom is 0.335 e. The highest BCUT2D eigenvalue weighted by atomic mass is 16.4. The third-order valence-corrected chi connectivity index (χ3v) is 3.56. The lowest BCUT2D eigenvalue weighted by atomic mass is 10.1. The largest absolute Gasteiger partial charge is 0.478 e. The number of piperazine rings is 1. The summed E-state index contributed by atoms with van der Waals surface area (Å²) in [6.45, 7) is 4.36. The predicted octanol–water partition coefficient (Wildman–Crippen LogP) is 0.872. The van der Waals surface area contributed by atoms with E-state index in [9.17, 15) is 14.4 Å². The fraction of sp³-hybridized carbons (Fsp3) is 0.400. The number of carboxylic acids is 1. The number of nitrogens with zero attached hydrogens (tertiary/aromatic N) is 2. The minimum atomic E-state index is -1.02. The van der Waals surface area contributed by atoms with Gasteiger partial charge >= 0.3 is 12.0 Å². The van der Waals surface area contributed by atoms with Crippen LogP contribution in [0.15, 0.2) is 24.3 Å². The van der Waals surface area contributed by atoms with Crippen molar-refractivity contribution in [1.29, 1.82) is 0 Å². The second-order valence-corrected chi connectivity index (χ2v) is 5.00. The molecule has 1 aromatic carbocycles. The third-order valence-electron chi connectivity index (χ3n) is 3.56. The number of hydrogen-bond donors (Lipinski definition) is 2. The van der Waals surface area contributed by atoms with Crippen LogP contribution < -0.4 is 5.32 Å². The molecule has 0 unspecified atom stereocenters. The molecule has 22 heavy (non-hydrogen) atoms. The molecule has 0 bridgehead atoms. The summed E-state index contributed by atoms with van der Waals surface area (Å²) in [5.74, 6) is -1.16. The Kier molecular flexibility index (Phi) is 4.98. The van der Waals surface area contributed by atoms with Crippen LogP contribution in [0, 0.1) is 0 Å². The molecule has 118 valence electrons. The van der Waals surface area contributed by atoms with E-state index in [1.54, 1.807) is 9.80 Å². The van der Waals surface area contributed by atoms with Crippen molar-refractivity contribution in [3.05, 3.63) is 35.4 Å². The van der Waals surface area contributed by atoms with Gasteiger partial charge in [0.1, 0.15) is 0 Å². The minimum absolute atomic E-state index is 0.111. The van der Waals surface area contributed by atoms with Crippen LogP contribution in [-0.2, 0) is 0 Å². The summed E-state index contributed by atoms with van der Waals surface area (Å²) in [6, 6.07) is 5.76. The van der Waals surface area contributed by atoms with E-state index in [-0.39, 0.29) is 17.5 Å². The van der Waals surface area contributed by atoms with Crippen LogP contribution in [0.1, 0.15) is 27.6 Å². The van der Waals surface area contributed by atoms with Crippen LogP contribution in [0.4, 0.5) is 4.79 Å². The van der Waals surface area contributed by atoms with Crippen molar-refractivity contribution < 1.29 is 19.5 Å². The van der Waals surface area contributed by atoms with Gasteiger partial charge in [0.15, 0.2) is 0 Å². The fourth-order valence-corrected chi connectivity index (χ4v) is 2.31. The van der Waals surface area contributed by atoms with E-state index >= 15 is 0 Å². The number of benzene rings is 1. The van der Waals surface area contributed by atoms with Crippen molar-refractivity contribution in [2.75, 3.05) is 32.7 Å². The molecule has 0 aromatic heterocycles. The van der Waals surface area contributed by atoms with Crippen LogP contribution in [0.5, 0.6) is 0 Å². The van der Waals surface area contributed by atoms with Crippen molar-refractivity contribution in [2.24, 2.45) is 0 Å². The first kappa shape index (κ1) is 15.8. The number of carbonyl (C=O) groups excluding carboxylic acids is 2. The second kappa shape index (κ2) is 6.93. The van der Waals surface area contributed by atoms with Gasteiger partial charge in [-0.25, -0.2) is 9.59 Å². The zero-order valence-electron chi connectivity index (χ0n) is 12.4. The van der Waals surface area contributed by atoms with Crippen LogP contribution in [-0.4, -0.2) is 65.5 Å². The number of urea groups is 1. The van der Waals surface area contributed by atoms with Crippen LogP contribution in [0.25, 0.3) is 0 Å². The molecule has 2 N–H and O–H groups in total. The number of aromatic carboxylic acids is 1. The van der Waals surface area contributed by atoms with Crippen LogP contribution in [0.2, 0.25) is 0 Å². The summed E-state index contributed by atoms with van der Waals surface area (Å²) in [4.78, 5) is 38.2. The molecule has 0 atom stereocenters. The number of hydrogen-bond acceptors (Lipinski definition) is 3. The number of carboxylic acid groups (broad SMARTS) is 1. The van der Waals surface area contributed by atoms with Crippen molar-refractivity contribution in [1.82, 2.24) is 15.1 Å². The van der Waals surface area contributed by atoms with Crippen LogP contribution >= 0.6 is 0 Å². The quantitative estimate of drug-likeness (QED) is 0.867. The average Bonchev–Trinajstić information content (AvgIpc) is 2.54. The standard InChI is InChI=1S/C15H19N3O4/c1-2-16-15(22)18-9-7-17(8-10-18)13(19)11-3-5-12(6-4-11)14(20)21/h3-6H,2,7-10H2,1H3,(H,16,22)(H,20,21). The molecular formula is C15H19N3O4. The van der Waals surface area contributed by atoms with Gasteiger partial charge in [-0.15, -0.1) is 0 Å². The Balaban J connectivity index is 1.94. The predicted molar refractivity (Wildman–Crippen MR) is 80.0 cm³/mol. The summed E-state index contributed by atoms with van der Waals surface area (Å²) in [7, 11) is 0. The van der Waals surface area contributed by atoms with Gasteiger partial charge in [-0.1, -0.05) is 0 Å². The monoisotopic (exact) mass is 305 g/mol. The van der Waals surface area contributed by atoms with Crippen molar-refractivity contribution in [3.63, 3.8) is 0 Å². The molecule has 1 heterocycles. The van der Waals surface area contributed by atoms with E-state index in [2.05, 4.69) is 5.32 Å². The minimum Gasteiger partial charge on any atom is -0.478 e. The Bertz CT molecular complexity index is 563. The lowest BCUT2D eigenvalue weighted by Crippen LogP contribution is -2.53. The van der Waals surface area contributed by atoms with Gasteiger partial charge in [-0.3, -0.25) is 4.79 Å². The first-order valence-corrected chi connectivity index (χ1v) is 7.18. The Morgan fingerprint density at radius 2 is 1.50 bits per heavy atom. The molecule has 0 radical (unpaired) electrons. The molecule has 1 aliphatic rings. The Morgan fingerprint density at radius 1 is 1.00 bits per heavy atom. The molecule has 1 aliphatic heterocycles. The van der Waals surface area contributed by atoms with Crippen molar-refractivity contribution in [2.45, 2.75) is 6.92 Å². The third kappa shape index (κ3) is 3.55. The molecule has 0 spiro atoms. The highest BCUT2D eigenvalue weighted by Gasteiger charge is 2.24. The number of amides is 3. The summed E-state index contributed by atoms with van der Waals surface area (Å²) in [5, 5.41) is 11.6. The zero-order chi connectivity index (χ0) is 16.1. The maximum atomic E-state index is 12.3. The van der Waals surface area contributed by atoms with Gasteiger partial charge in [0.2, 0.25) is 0 Å². The molecule has 1 fully saturated rings. The summed E-state index contributed by atoms with van der Waals surface area (Å²) in [6.07, 6.45) is 0.